The molecule has 0 unspecified atom stereocenters. The number of piperidine rings is 2. The van der Waals surface area contributed by atoms with Crippen LogP contribution in [0.15, 0.2) is 10.7 Å². The third-order valence-electron chi connectivity index (χ3n) is 4.00. The smallest absolute Gasteiger partial charge is 0.270 e. The van der Waals surface area contributed by atoms with E-state index in [1.54, 1.807) is 0 Å². The Labute approximate surface area is 100.0 Å². The van der Waals surface area contributed by atoms with Crippen LogP contribution < -0.4 is 5.73 Å². The molecular formula is C12H17N3O2. The Kier molecular flexibility index (Phi) is 2.43. The van der Waals surface area contributed by atoms with Crippen molar-refractivity contribution in [2.75, 3.05) is 19.6 Å². The number of hydrogen-bond acceptors (Lipinski definition) is 4. The van der Waals surface area contributed by atoms with Gasteiger partial charge in [-0.3, -0.25) is 4.79 Å². The van der Waals surface area contributed by atoms with E-state index < -0.39 is 5.91 Å². The molecule has 2 aliphatic rings. The van der Waals surface area contributed by atoms with Gasteiger partial charge < -0.3 is 15.1 Å². The summed E-state index contributed by atoms with van der Waals surface area (Å²) >= 11 is 0. The summed E-state index contributed by atoms with van der Waals surface area (Å²) in [5.74, 6) is 0.190. The monoisotopic (exact) mass is 235 g/mol. The van der Waals surface area contributed by atoms with E-state index in [-0.39, 0.29) is 11.1 Å². The minimum Gasteiger partial charge on any atom is -0.447 e. The molecular weight excluding hydrogens is 218 g/mol. The second kappa shape index (κ2) is 3.84. The van der Waals surface area contributed by atoms with E-state index in [2.05, 4.69) is 9.88 Å². The summed E-state index contributed by atoms with van der Waals surface area (Å²) in [5, 5.41) is 0. The number of oxazole rings is 1. The Balaban J connectivity index is 1.92. The topological polar surface area (TPSA) is 72.4 Å². The van der Waals surface area contributed by atoms with Gasteiger partial charge in [-0.1, -0.05) is 0 Å². The summed E-state index contributed by atoms with van der Waals surface area (Å²) in [7, 11) is 0. The molecule has 0 spiro atoms. The Bertz CT molecular complexity index is 431. The molecule has 0 radical (unpaired) electrons. The molecule has 1 amide bonds. The van der Waals surface area contributed by atoms with Gasteiger partial charge in [0.2, 0.25) is 5.89 Å². The molecule has 5 nitrogen and oxygen atoms in total. The maximum Gasteiger partial charge on any atom is 0.270 e. The summed E-state index contributed by atoms with van der Waals surface area (Å²) in [6.07, 6.45) is 5.94. The normalized spacial score (nSPS) is 32.4. The van der Waals surface area contributed by atoms with Crippen LogP contribution in [0.4, 0.5) is 0 Å². The third-order valence-corrected chi connectivity index (χ3v) is 4.00. The molecule has 0 saturated carbocycles. The lowest BCUT2D eigenvalue weighted by Crippen LogP contribution is -2.50. The van der Waals surface area contributed by atoms with Gasteiger partial charge in [0, 0.05) is 6.54 Å². The quantitative estimate of drug-likeness (QED) is 0.826. The highest BCUT2D eigenvalue weighted by atomic mass is 16.3. The molecule has 3 heterocycles. The molecule has 92 valence electrons. The number of amides is 1. The van der Waals surface area contributed by atoms with E-state index in [1.165, 1.54) is 32.2 Å². The molecule has 0 aromatic carbocycles. The average Bonchev–Trinajstić information content (AvgIpc) is 2.79. The Morgan fingerprint density at radius 2 is 2.12 bits per heavy atom. The van der Waals surface area contributed by atoms with Crippen molar-refractivity contribution in [2.45, 2.75) is 31.1 Å². The van der Waals surface area contributed by atoms with Crippen molar-refractivity contribution < 1.29 is 9.21 Å². The van der Waals surface area contributed by atoms with Gasteiger partial charge in [-0.25, -0.2) is 4.98 Å². The van der Waals surface area contributed by atoms with Crippen LogP contribution in [-0.4, -0.2) is 35.4 Å². The van der Waals surface area contributed by atoms with Crippen molar-refractivity contribution >= 4 is 5.91 Å². The van der Waals surface area contributed by atoms with Crippen LogP contribution in [0.1, 0.15) is 42.1 Å². The van der Waals surface area contributed by atoms with E-state index in [9.17, 15) is 4.79 Å². The highest BCUT2D eigenvalue weighted by Gasteiger charge is 2.43. The van der Waals surface area contributed by atoms with Crippen molar-refractivity contribution in [3.63, 3.8) is 0 Å². The number of nitrogens with two attached hydrogens (primary N) is 1. The van der Waals surface area contributed by atoms with Crippen LogP contribution in [0.5, 0.6) is 0 Å². The second-order valence-electron chi connectivity index (χ2n) is 5.17. The summed E-state index contributed by atoms with van der Waals surface area (Å²) in [5.41, 5.74) is 5.48. The number of aromatic nitrogens is 1. The van der Waals surface area contributed by atoms with Gasteiger partial charge in [-0.15, -0.1) is 0 Å². The minimum absolute atomic E-state index is 0.0181. The lowest BCUT2D eigenvalue weighted by Gasteiger charge is -2.45. The number of rotatable bonds is 2. The SMILES string of the molecule is NC(=O)c1coc(C23CCCN(CCC2)C3)n1. The van der Waals surface area contributed by atoms with E-state index in [0.29, 0.717) is 5.89 Å². The molecule has 2 aliphatic heterocycles. The van der Waals surface area contributed by atoms with E-state index in [4.69, 9.17) is 10.2 Å². The number of fused-ring (bicyclic) bond motifs is 2. The van der Waals surface area contributed by atoms with Crippen molar-refractivity contribution in [2.24, 2.45) is 5.73 Å². The highest BCUT2D eigenvalue weighted by molar-refractivity contribution is 5.90. The number of carbonyl (C=O) groups excluding carboxylic acids is 1. The maximum absolute atomic E-state index is 11.1. The largest absolute Gasteiger partial charge is 0.447 e. The molecule has 0 aliphatic carbocycles. The van der Waals surface area contributed by atoms with Gasteiger partial charge in [0.05, 0.1) is 5.41 Å². The zero-order valence-corrected chi connectivity index (χ0v) is 9.82. The fourth-order valence-corrected chi connectivity index (χ4v) is 3.18. The molecule has 5 heteroatoms. The van der Waals surface area contributed by atoms with Crippen LogP contribution in [-0.2, 0) is 5.41 Å². The fourth-order valence-electron chi connectivity index (χ4n) is 3.18. The number of nitrogens with zero attached hydrogens (tertiary/aromatic N) is 2. The molecule has 2 fully saturated rings. The zero-order valence-electron chi connectivity index (χ0n) is 9.82. The predicted molar refractivity (Wildman–Crippen MR) is 61.6 cm³/mol. The molecule has 1 aromatic rings. The van der Waals surface area contributed by atoms with Crippen molar-refractivity contribution in [3.8, 4) is 0 Å². The van der Waals surface area contributed by atoms with Gasteiger partial charge in [-0.2, -0.15) is 0 Å². The molecule has 3 rings (SSSR count). The van der Waals surface area contributed by atoms with Crippen LogP contribution in [0.2, 0.25) is 0 Å². The second-order valence-corrected chi connectivity index (χ2v) is 5.17. The number of hydrogen-bond donors (Lipinski definition) is 1. The van der Waals surface area contributed by atoms with E-state index in [1.807, 2.05) is 0 Å². The first kappa shape index (κ1) is 10.8. The van der Waals surface area contributed by atoms with Gasteiger partial charge in [0.15, 0.2) is 5.69 Å². The first-order valence-corrected chi connectivity index (χ1v) is 6.18. The van der Waals surface area contributed by atoms with Gasteiger partial charge in [0.25, 0.3) is 5.91 Å². The predicted octanol–water partition coefficient (Wildman–Crippen LogP) is 0.901. The Morgan fingerprint density at radius 1 is 1.41 bits per heavy atom. The summed E-state index contributed by atoms with van der Waals surface area (Å²) in [4.78, 5) is 17.8. The van der Waals surface area contributed by atoms with Crippen LogP contribution >= 0.6 is 0 Å². The lowest BCUT2D eigenvalue weighted by molar-refractivity contribution is 0.0757. The highest BCUT2D eigenvalue weighted by Crippen LogP contribution is 2.40. The molecule has 2 N–H and O–H groups in total. The van der Waals surface area contributed by atoms with Crippen LogP contribution in [0.3, 0.4) is 0 Å². The van der Waals surface area contributed by atoms with Crippen molar-refractivity contribution in [1.82, 2.24) is 9.88 Å². The van der Waals surface area contributed by atoms with Gasteiger partial charge >= 0.3 is 0 Å². The zero-order chi connectivity index (χ0) is 11.9. The molecule has 1 aromatic heterocycles. The summed E-state index contributed by atoms with van der Waals surface area (Å²) in [6.45, 7) is 3.35. The first-order valence-electron chi connectivity index (χ1n) is 6.18. The average molecular weight is 235 g/mol. The van der Waals surface area contributed by atoms with Gasteiger partial charge in [-0.05, 0) is 38.8 Å². The maximum atomic E-state index is 11.1. The summed E-state index contributed by atoms with van der Waals surface area (Å²) < 4.78 is 5.50. The fraction of sp³-hybridized carbons (Fsp3) is 0.667. The lowest BCUT2D eigenvalue weighted by atomic mass is 9.73. The van der Waals surface area contributed by atoms with Crippen LogP contribution in [0.25, 0.3) is 0 Å². The van der Waals surface area contributed by atoms with E-state index in [0.717, 1.165) is 19.4 Å². The standard InChI is InChI=1S/C12H17N3O2/c13-10(16)9-7-17-11(14-9)12-3-1-5-15(8-12)6-2-4-12/h7H,1-6,8H2,(H2,13,16). The molecule has 17 heavy (non-hydrogen) atoms. The number of primary amides is 1. The van der Waals surface area contributed by atoms with Crippen LogP contribution in [0, 0.1) is 0 Å². The molecule has 0 atom stereocenters. The molecule has 2 saturated heterocycles. The van der Waals surface area contributed by atoms with Crippen molar-refractivity contribution in [3.05, 3.63) is 17.8 Å². The Morgan fingerprint density at radius 3 is 2.71 bits per heavy atom. The van der Waals surface area contributed by atoms with Crippen molar-refractivity contribution in [1.29, 1.82) is 0 Å². The van der Waals surface area contributed by atoms with E-state index >= 15 is 0 Å². The number of carbonyl (C=O) groups is 1. The summed E-state index contributed by atoms with van der Waals surface area (Å²) in [6, 6.07) is 0. The Hall–Kier alpha value is -1.36. The first-order chi connectivity index (χ1) is 8.20. The third kappa shape index (κ3) is 1.74. The molecule has 2 bridgehead atoms. The minimum atomic E-state index is -0.514. The van der Waals surface area contributed by atoms with Gasteiger partial charge in [0.1, 0.15) is 6.26 Å².